The van der Waals surface area contributed by atoms with E-state index < -0.39 is 23.5 Å². The van der Waals surface area contributed by atoms with Crippen molar-refractivity contribution in [1.29, 1.82) is 0 Å². The molecule has 0 spiro atoms. The van der Waals surface area contributed by atoms with Gasteiger partial charge in [-0.1, -0.05) is 17.7 Å². The van der Waals surface area contributed by atoms with Crippen LogP contribution in [0.4, 0.5) is 13.2 Å². The average Bonchev–Trinajstić information content (AvgIpc) is 2.37. The second-order valence-electron chi connectivity index (χ2n) is 4.18. The molecule has 0 saturated carbocycles. The molecule has 2 aromatic carbocycles. The molecule has 0 aliphatic carbocycles. The summed E-state index contributed by atoms with van der Waals surface area (Å²) in [6, 6.07) is 6.59. The number of benzene rings is 2. The molecule has 100 valence electrons. The quantitative estimate of drug-likeness (QED) is 0.906. The van der Waals surface area contributed by atoms with E-state index in [1.807, 2.05) is 0 Å². The monoisotopic (exact) mass is 285 g/mol. The van der Waals surface area contributed by atoms with Crippen LogP contribution < -0.4 is 5.73 Å². The second-order valence-corrected chi connectivity index (χ2v) is 4.61. The Morgan fingerprint density at radius 1 is 1.00 bits per heavy atom. The molecule has 1 nitrogen and oxygen atoms in total. The van der Waals surface area contributed by atoms with E-state index in [0.29, 0.717) is 5.02 Å². The van der Waals surface area contributed by atoms with Crippen molar-refractivity contribution in [2.45, 2.75) is 12.5 Å². The van der Waals surface area contributed by atoms with E-state index in [0.717, 1.165) is 12.1 Å². The molecule has 5 heteroatoms. The Bertz CT molecular complexity index is 581. The molecule has 1 atom stereocenters. The fourth-order valence-electron chi connectivity index (χ4n) is 1.86. The number of rotatable bonds is 3. The first-order valence-corrected chi connectivity index (χ1v) is 6.00. The van der Waals surface area contributed by atoms with E-state index >= 15 is 0 Å². The number of hydrogen-bond acceptors (Lipinski definition) is 1. The third-order valence-electron chi connectivity index (χ3n) is 2.84. The minimum atomic E-state index is -0.870. The predicted molar refractivity (Wildman–Crippen MR) is 68.4 cm³/mol. The van der Waals surface area contributed by atoms with E-state index in [-0.39, 0.29) is 17.5 Å². The van der Waals surface area contributed by atoms with Gasteiger partial charge in [0.05, 0.1) is 0 Å². The maximum atomic E-state index is 13.6. The predicted octanol–water partition coefficient (Wildman–Crippen LogP) is 4.00. The third-order valence-corrected chi connectivity index (χ3v) is 3.08. The molecule has 0 aromatic heterocycles. The minimum absolute atomic E-state index is 0.134. The Labute approximate surface area is 113 Å². The van der Waals surface area contributed by atoms with Gasteiger partial charge in [-0.15, -0.1) is 0 Å². The zero-order valence-electron chi connectivity index (χ0n) is 9.84. The molecule has 0 amide bonds. The maximum absolute atomic E-state index is 13.6. The molecule has 0 fully saturated rings. The summed E-state index contributed by atoms with van der Waals surface area (Å²) >= 11 is 5.76. The van der Waals surface area contributed by atoms with Crippen LogP contribution in [0, 0.1) is 17.5 Å². The minimum Gasteiger partial charge on any atom is -0.324 e. The number of halogens is 4. The SMILES string of the molecule is NC(Cc1c(F)cccc1F)c1cc(Cl)ccc1F. The molecule has 0 aliphatic rings. The molecule has 0 bridgehead atoms. The fourth-order valence-corrected chi connectivity index (χ4v) is 2.04. The summed E-state index contributed by atoms with van der Waals surface area (Å²) in [6.45, 7) is 0. The Morgan fingerprint density at radius 2 is 1.63 bits per heavy atom. The third kappa shape index (κ3) is 3.08. The molecule has 2 rings (SSSR count). The normalized spacial score (nSPS) is 12.5. The van der Waals surface area contributed by atoms with Gasteiger partial charge in [0.2, 0.25) is 0 Å². The van der Waals surface area contributed by atoms with Crippen molar-refractivity contribution in [3.63, 3.8) is 0 Å². The molecule has 0 heterocycles. The van der Waals surface area contributed by atoms with Gasteiger partial charge in [0.25, 0.3) is 0 Å². The van der Waals surface area contributed by atoms with Crippen molar-refractivity contribution >= 4 is 11.6 Å². The highest BCUT2D eigenvalue weighted by Gasteiger charge is 2.17. The van der Waals surface area contributed by atoms with Crippen LogP contribution in [0.3, 0.4) is 0 Å². The van der Waals surface area contributed by atoms with Gasteiger partial charge < -0.3 is 5.73 Å². The summed E-state index contributed by atoms with van der Waals surface area (Å²) in [5.41, 5.74) is 5.78. The molecule has 19 heavy (non-hydrogen) atoms. The van der Waals surface area contributed by atoms with E-state index in [9.17, 15) is 13.2 Å². The summed E-state index contributed by atoms with van der Waals surface area (Å²) in [6.07, 6.45) is -0.143. The van der Waals surface area contributed by atoms with E-state index in [1.165, 1.54) is 24.3 Å². The van der Waals surface area contributed by atoms with Crippen LogP contribution >= 0.6 is 11.6 Å². The summed E-state index contributed by atoms with van der Waals surface area (Å²) in [5.74, 6) is -1.94. The lowest BCUT2D eigenvalue weighted by atomic mass is 9.98. The molecule has 2 aromatic rings. The van der Waals surface area contributed by atoms with Gasteiger partial charge in [-0.05, 0) is 36.8 Å². The van der Waals surface area contributed by atoms with Crippen LogP contribution in [0.5, 0.6) is 0 Å². The van der Waals surface area contributed by atoms with Gasteiger partial charge in [-0.2, -0.15) is 0 Å². The summed E-state index contributed by atoms with van der Waals surface area (Å²) in [7, 11) is 0. The van der Waals surface area contributed by atoms with Crippen LogP contribution in [0.1, 0.15) is 17.2 Å². The van der Waals surface area contributed by atoms with Crippen molar-refractivity contribution < 1.29 is 13.2 Å². The average molecular weight is 286 g/mol. The maximum Gasteiger partial charge on any atom is 0.129 e. The van der Waals surface area contributed by atoms with E-state index in [2.05, 4.69) is 0 Å². The van der Waals surface area contributed by atoms with E-state index in [1.54, 1.807) is 0 Å². The highest BCUT2D eigenvalue weighted by Crippen LogP contribution is 2.24. The van der Waals surface area contributed by atoms with Crippen molar-refractivity contribution in [2.24, 2.45) is 5.73 Å². The lowest BCUT2D eigenvalue weighted by Gasteiger charge is -2.14. The first-order valence-electron chi connectivity index (χ1n) is 5.62. The summed E-state index contributed by atoms with van der Waals surface area (Å²) in [4.78, 5) is 0. The van der Waals surface area contributed by atoms with Gasteiger partial charge in [0.15, 0.2) is 0 Å². The molecule has 2 N–H and O–H groups in total. The van der Waals surface area contributed by atoms with E-state index in [4.69, 9.17) is 17.3 Å². The lowest BCUT2D eigenvalue weighted by Crippen LogP contribution is -2.16. The van der Waals surface area contributed by atoms with Crippen LogP contribution in [0.25, 0.3) is 0 Å². The Kier molecular flexibility index (Phi) is 4.12. The summed E-state index contributed by atoms with van der Waals surface area (Å²) in [5, 5.41) is 0.320. The number of nitrogens with two attached hydrogens (primary N) is 1. The molecule has 1 unspecified atom stereocenters. The smallest absolute Gasteiger partial charge is 0.129 e. The van der Waals surface area contributed by atoms with Gasteiger partial charge >= 0.3 is 0 Å². The van der Waals surface area contributed by atoms with Crippen molar-refractivity contribution in [1.82, 2.24) is 0 Å². The van der Waals surface area contributed by atoms with Crippen molar-refractivity contribution in [3.05, 3.63) is 70.0 Å². The highest BCUT2D eigenvalue weighted by molar-refractivity contribution is 6.30. The van der Waals surface area contributed by atoms with Crippen LogP contribution in [-0.2, 0) is 6.42 Å². The highest BCUT2D eigenvalue weighted by atomic mass is 35.5. The molecule has 0 radical (unpaired) electrons. The molecule has 0 aliphatic heterocycles. The van der Waals surface area contributed by atoms with Crippen molar-refractivity contribution in [3.8, 4) is 0 Å². The first-order chi connectivity index (χ1) is 8.99. The largest absolute Gasteiger partial charge is 0.324 e. The number of hydrogen-bond donors (Lipinski definition) is 1. The molecular weight excluding hydrogens is 275 g/mol. The Balaban J connectivity index is 2.31. The Hall–Kier alpha value is -1.52. The standard InChI is InChI=1S/C14H11ClF3N/c15-8-4-5-13(18)10(6-8)14(19)7-9-11(16)2-1-3-12(9)17/h1-6,14H,7,19H2. The van der Waals surface area contributed by atoms with Crippen LogP contribution in [0.2, 0.25) is 5.02 Å². The molecular formula is C14H11ClF3N. The lowest BCUT2D eigenvalue weighted by molar-refractivity contribution is 0.528. The van der Waals surface area contributed by atoms with Gasteiger partial charge in [0, 0.05) is 22.2 Å². The summed E-state index contributed by atoms with van der Waals surface area (Å²) < 4.78 is 40.6. The first kappa shape index (κ1) is 13.9. The van der Waals surface area contributed by atoms with Crippen LogP contribution in [-0.4, -0.2) is 0 Å². The molecule has 0 saturated heterocycles. The van der Waals surface area contributed by atoms with Crippen LogP contribution in [0.15, 0.2) is 36.4 Å². The van der Waals surface area contributed by atoms with Gasteiger partial charge in [-0.25, -0.2) is 13.2 Å². The fraction of sp³-hybridized carbons (Fsp3) is 0.143. The zero-order valence-corrected chi connectivity index (χ0v) is 10.6. The van der Waals surface area contributed by atoms with Gasteiger partial charge in [-0.3, -0.25) is 0 Å². The topological polar surface area (TPSA) is 26.0 Å². The zero-order chi connectivity index (χ0) is 14.0. The van der Waals surface area contributed by atoms with Crippen molar-refractivity contribution in [2.75, 3.05) is 0 Å². The second kappa shape index (κ2) is 5.63. The van der Waals surface area contributed by atoms with Gasteiger partial charge in [0.1, 0.15) is 17.5 Å². The Morgan fingerprint density at radius 3 is 2.26 bits per heavy atom.